The number of carbonyl (C=O) groups excluding carboxylic acids is 1. The number of carbonyl (C=O) groups is 1. The molecule has 0 bridgehead atoms. The second-order valence-electron chi connectivity index (χ2n) is 6.85. The molecule has 0 saturated heterocycles. The number of rotatable bonds is 7. The molecule has 4 heteroatoms. The van der Waals surface area contributed by atoms with Crippen LogP contribution in [0.1, 0.15) is 11.6 Å². The fourth-order valence-electron chi connectivity index (χ4n) is 3.30. The molecule has 1 amide bonds. The normalized spacial score (nSPS) is 11.3. The van der Waals surface area contributed by atoms with Gasteiger partial charge in [0, 0.05) is 5.69 Å². The molecular weight excluding hydrogens is 370 g/mol. The van der Waals surface area contributed by atoms with E-state index in [0.717, 1.165) is 22.6 Å². The molecule has 148 valence electrons. The molecule has 0 spiro atoms. The lowest BCUT2D eigenvalue weighted by Crippen LogP contribution is -2.41. The summed E-state index contributed by atoms with van der Waals surface area (Å²) in [7, 11) is 0. The van der Waals surface area contributed by atoms with Gasteiger partial charge in [0.05, 0.1) is 11.4 Å². The van der Waals surface area contributed by atoms with Crippen molar-refractivity contribution in [1.29, 1.82) is 0 Å². The quantitative estimate of drug-likeness (QED) is 0.384. The topological polar surface area (TPSA) is 44.4 Å². The first kappa shape index (κ1) is 19.3. The van der Waals surface area contributed by atoms with Crippen LogP contribution in [0.5, 0.6) is 0 Å². The van der Waals surface area contributed by atoms with Crippen LogP contribution < -0.4 is 15.8 Å². The van der Waals surface area contributed by atoms with Gasteiger partial charge in [0.1, 0.15) is 0 Å². The highest BCUT2D eigenvalue weighted by Gasteiger charge is 2.28. The lowest BCUT2D eigenvalue weighted by molar-refractivity contribution is -0.117. The molecule has 0 aliphatic rings. The van der Waals surface area contributed by atoms with E-state index >= 15 is 0 Å². The van der Waals surface area contributed by atoms with E-state index in [1.807, 2.05) is 126 Å². The van der Waals surface area contributed by atoms with Crippen molar-refractivity contribution in [3.8, 4) is 0 Å². The van der Waals surface area contributed by atoms with Gasteiger partial charge in [0.15, 0.2) is 6.04 Å². The lowest BCUT2D eigenvalue weighted by Gasteiger charge is -2.34. The van der Waals surface area contributed by atoms with Crippen LogP contribution in [0.2, 0.25) is 0 Å². The predicted octanol–water partition coefficient (Wildman–Crippen LogP) is 5.90. The van der Waals surface area contributed by atoms with Crippen molar-refractivity contribution in [3.05, 3.63) is 127 Å². The van der Waals surface area contributed by atoms with Crippen molar-refractivity contribution >= 4 is 23.0 Å². The Balaban J connectivity index is 1.75. The van der Waals surface area contributed by atoms with E-state index < -0.39 is 6.04 Å². The Morgan fingerprint density at radius 3 is 1.63 bits per heavy atom. The van der Waals surface area contributed by atoms with Crippen LogP contribution in [0.15, 0.2) is 121 Å². The standard InChI is InChI=1S/C26H23N3O/c30-26(27-22-15-7-2-8-16-22)25(21-13-5-1-6-14-21)29(24-19-11-4-12-20-24)28-23-17-9-3-10-18-23/h1-20,25,28H,(H,27,30)/t25-/m1/s1. The van der Waals surface area contributed by atoms with E-state index in [1.54, 1.807) is 0 Å². The van der Waals surface area contributed by atoms with E-state index in [0.29, 0.717) is 0 Å². The van der Waals surface area contributed by atoms with Crippen LogP contribution in [0.4, 0.5) is 17.1 Å². The molecule has 0 unspecified atom stereocenters. The number of anilines is 3. The molecule has 0 saturated carbocycles. The maximum absolute atomic E-state index is 13.5. The summed E-state index contributed by atoms with van der Waals surface area (Å²) < 4.78 is 0. The van der Waals surface area contributed by atoms with Gasteiger partial charge < -0.3 is 5.32 Å². The number of benzene rings is 4. The Hall–Kier alpha value is -4.05. The number of nitrogens with zero attached hydrogens (tertiary/aromatic N) is 1. The van der Waals surface area contributed by atoms with Crippen molar-refractivity contribution in [1.82, 2.24) is 0 Å². The van der Waals surface area contributed by atoms with Gasteiger partial charge in [-0.1, -0.05) is 84.9 Å². The fraction of sp³-hybridized carbons (Fsp3) is 0.0385. The molecule has 4 aromatic rings. The van der Waals surface area contributed by atoms with Crippen LogP contribution >= 0.6 is 0 Å². The maximum atomic E-state index is 13.5. The molecule has 0 radical (unpaired) electrons. The molecule has 4 aromatic carbocycles. The van der Waals surface area contributed by atoms with Gasteiger partial charge >= 0.3 is 0 Å². The Morgan fingerprint density at radius 2 is 1.07 bits per heavy atom. The number of hydrogen-bond acceptors (Lipinski definition) is 3. The first-order valence-corrected chi connectivity index (χ1v) is 9.88. The summed E-state index contributed by atoms with van der Waals surface area (Å²) >= 11 is 0. The number of amides is 1. The van der Waals surface area contributed by atoms with E-state index in [4.69, 9.17) is 0 Å². The average Bonchev–Trinajstić information content (AvgIpc) is 2.81. The molecule has 0 fully saturated rings. The van der Waals surface area contributed by atoms with E-state index in [9.17, 15) is 4.79 Å². The Kier molecular flexibility index (Phi) is 6.06. The van der Waals surface area contributed by atoms with Crippen molar-refractivity contribution in [2.75, 3.05) is 15.8 Å². The first-order chi connectivity index (χ1) is 14.8. The van der Waals surface area contributed by atoms with Crippen molar-refractivity contribution in [3.63, 3.8) is 0 Å². The second kappa shape index (κ2) is 9.43. The molecule has 2 N–H and O–H groups in total. The third kappa shape index (κ3) is 4.67. The van der Waals surface area contributed by atoms with Gasteiger partial charge in [-0.15, -0.1) is 0 Å². The molecular formula is C26H23N3O. The third-order valence-electron chi connectivity index (χ3n) is 4.72. The summed E-state index contributed by atoms with van der Waals surface area (Å²) in [5.74, 6) is -0.125. The summed E-state index contributed by atoms with van der Waals surface area (Å²) in [4.78, 5) is 13.5. The molecule has 4 rings (SSSR count). The highest BCUT2D eigenvalue weighted by atomic mass is 16.2. The zero-order valence-electron chi connectivity index (χ0n) is 16.5. The van der Waals surface area contributed by atoms with Crippen molar-refractivity contribution in [2.24, 2.45) is 0 Å². The molecule has 0 aliphatic carbocycles. The third-order valence-corrected chi connectivity index (χ3v) is 4.72. The largest absolute Gasteiger partial charge is 0.324 e. The van der Waals surface area contributed by atoms with Crippen LogP contribution in [0, 0.1) is 0 Å². The molecule has 30 heavy (non-hydrogen) atoms. The summed E-state index contributed by atoms with van der Waals surface area (Å²) in [6, 6.07) is 38.4. The average molecular weight is 393 g/mol. The van der Waals surface area contributed by atoms with Crippen molar-refractivity contribution in [2.45, 2.75) is 6.04 Å². The molecule has 1 atom stereocenters. The van der Waals surface area contributed by atoms with E-state index in [2.05, 4.69) is 10.7 Å². The fourth-order valence-corrected chi connectivity index (χ4v) is 3.30. The minimum absolute atomic E-state index is 0.125. The van der Waals surface area contributed by atoms with E-state index in [1.165, 1.54) is 0 Å². The minimum atomic E-state index is -0.589. The van der Waals surface area contributed by atoms with Gasteiger partial charge in [0.2, 0.25) is 0 Å². The second-order valence-corrected chi connectivity index (χ2v) is 6.85. The van der Waals surface area contributed by atoms with Crippen molar-refractivity contribution < 1.29 is 4.79 Å². The maximum Gasteiger partial charge on any atom is 0.253 e. The SMILES string of the molecule is O=C(Nc1ccccc1)[C@@H](c1ccccc1)N(Nc1ccccc1)c1ccccc1. The zero-order chi connectivity index (χ0) is 20.6. The Labute approximate surface area is 176 Å². The summed E-state index contributed by atoms with van der Waals surface area (Å²) in [5, 5.41) is 4.96. The monoisotopic (exact) mass is 393 g/mol. The van der Waals surface area contributed by atoms with Gasteiger partial charge in [-0.3, -0.25) is 15.2 Å². The highest BCUT2D eigenvalue weighted by molar-refractivity contribution is 5.98. The van der Waals surface area contributed by atoms with Crippen LogP contribution in [0.3, 0.4) is 0 Å². The number of hydrogen-bond donors (Lipinski definition) is 2. The van der Waals surface area contributed by atoms with Crippen LogP contribution in [-0.2, 0) is 4.79 Å². The van der Waals surface area contributed by atoms with Gasteiger partial charge in [-0.05, 0) is 42.0 Å². The Morgan fingerprint density at radius 1 is 0.600 bits per heavy atom. The molecule has 4 nitrogen and oxygen atoms in total. The molecule has 0 heterocycles. The predicted molar refractivity (Wildman–Crippen MR) is 123 cm³/mol. The lowest BCUT2D eigenvalue weighted by atomic mass is 10.0. The summed E-state index contributed by atoms with van der Waals surface area (Å²) in [6.07, 6.45) is 0. The van der Waals surface area contributed by atoms with Gasteiger partial charge in [-0.2, -0.15) is 0 Å². The van der Waals surface area contributed by atoms with E-state index in [-0.39, 0.29) is 5.91 Å². The first-order valence-electron chi connectivity index (χ1n) is 9.88. The van der Waals surface area contributed by atoms with Crippen LogP contribution in [0.25, 0.3) is 0 Å². The summed E-state index contributed by atoms with van der Waals surface area (Å²) in [5.41, 5.74) is 6.87. The van der Waals surface area contributed by atoms with Gasteiger partial charge in [-0.25, -0.2) is 0 Å². The summed E-state index contributed by atoms with van der Waals surface area (Å²) in [6.45, 7) is 0. The zero-order valence-corrected chi connectivity index (χ0v) is 16.5. The molecule has 0 aliphatic heterocycles. The number of para-hydroxylation sites is 3. The highest BCUT2D eigenvalue weighted by Crippen LogP contribution is 2.29. The smallest absolute Gasteiger partial charge is 0.253 e. The minimum Gasteiger partial charge on any atom is -0.324 e. The number of hydrazine groups is 1. The number of nitrogens with one attached hydrogen (secondary N) is 2. The molecule has 0 aromatic heterocycles. The Bertz CT molecular complexity index is 1050. The van der Waals surface area contributed by atoms with Gasteiger partial charge in [0.25, 0.3) is 5.91 Å². The van der Waals surface area contributed by atoms with Crippen LogP contribution in [-0.4, -0.2) is 5.91 Å².